The third-order valence-electron chi connectivity index (χ3n) is 4.18. The largest absolute Gasteiger partial charge is 0.385 e. The van der Waals surface area contributed by atoms with Gasteiger partial charge in [0.2, 0.25) is 0 Å². The van der Waals surface area contributed by atoms with Gasteiger partial charge in [-0.3, -0.25) is 4.79 Å². The van der Waals surface area contributed by atoms with E-state index in [0.717, 1.165) is 50.9 Å². The fourth-order valence-electron chi connectivity index (χ4n) is 3.06. The number of hydrogen-bond donors (Lipinski definition) is 1. The van der Waals surface area contributed by atoms with Gasteiger partial charge in [-0.1, -0.05) is 12.8 Å². The van der Waals surface area contributed by atoms with Crippen LogP contribution in [0.25, 0.3) is 0 Å². The summed E-state index contributed by atoms with van der Waals surface area (Å²) < 4.78 is 0. The number of nitrogens with one attached hydrogen (secondary N) is 1. The number of likely N-dealkylation sites (tertiary alicyclic amines) is 1. The van der Waals surface area contributed by atoms with Gasteiger partial charge in [0, 0.05) is 30.9 Å². The van der Waals surface area contributed by atoms with Gasteiger partial charge in [0.1, 0.15) is 0 Å². The Morgan fingerprint density at radius 3 is 2.63 bits per heavy atom. The molecule has 1 N–H and O–H groups in total. The van der Waals surface area contributed by atoms with Crippen LogP contribution < -0.4 is 5.32 Å². The monoisotopic (exact) mass is 258 g/mol. The fraction of sp³-hybridized carbons (Fsp3) is 0.562. The summed E-state index contributed by atoms with van der Waals surface area (Å²) in [5.41, 5.74) is 3.37. The number of hydrogen-bond acceptors (Lipinski definition) is 2. The lowest BCUT2D eigenvalue weighted by molar-refractivity contribution is 0.0761. The molecule has 0 atom stereocenters. The Hall–Kier alpha value is -1.51. The van der Waals surface area contributed by atoms with E-state index in [1.807, 2.05) is 11.0 Å². The number of carbonyl (C=O) groups excluding carboxylic acids is 1. The van der Waals surface area contributed by atoms with E-state index in [0.29, 0.717) is 0 Å². The zero-order valence-electron chi connectivity index (χ0n) is 11.5. The molecule has 2 aliphatic heterocycles. The molecule has 1 saturated heterocycles. The molecule has 1 fully saturated rings. The molecule has 19 heavy (non-hydrogen) atoms. The van der Waals surface area contributed by atoms with E-state index < -0.39 is 0 Å². The van der Waals surface area contributed by atoms with E-state index in [1.54, 1.807) is 0 Å². The van der Waals surface area contributed by atoms with Gasteiger partial charge >= 0.3 is 0 Å². The molecule has 0 aromatic heterocycles. The first kappa shape index (κ1) is 12.5. The highest BCUT2D eigenvalue weighted by molar-refractivity contribution is 5.95. The van der Waals surface area contributed by atoms with Crippen molar-refractivity contribution >= 4 is 11.6 Å². The molecule has 0 spiro atoms. The lowest BCUT2D eigenvalue weighted by Crippen LogP contribution is -2.32. The molecule has 1 aromatic carbocycles. The minimum absolute atomic E-state index is 0.218. The first-order valence-corrected chi connectivity index (χ1v) is 7.51. The van der Waals surface area contributed by atoms with Gasteiger partial charge in [0.25, 0.3) is 5.91 Å². The minimum Gasteiger partial charge on any atom is -0.385 e. The van der Waals surface area contributed by atoms with E-state index in [4.69, 9.17) is 0 Å². The third-order valence-corrected chi connectivity index (χ3v) is 4.18. The predicted molar refractivity (Wildman–Crippen MR) is 77.6 cm³/mol. The Balaban J connectivity index is 1.78. The van der Waals surface area contributed by atoms with E-state index >= 15 is 0 Å². The summed E-state index contributed by atoms with van der Waals surface area (Å²) in [5.74, 6) is 0.218. The van der Waals surface area contributed by atoms with Crippen molar-refractivity contribution in [3.63, 3.8) is 0 Å². The molecule has 102 valence electrons. The molecule has 3 nitrogen and oxygen atoms in total. The zero-order chi connectivity index (χ0) is 13.1. The number of benzene rings is 1. The summed E-state index contributed by atoms with van der Waals surface area (Å²) in [6, 6.07) is 6.14. The topological polar surface area (TPSA) is 32.3 Å². The van der Waals surface area contributed by atoms with Crippen molar-refractivity contribution in [1.82, 2.24) is 4.90 Å². The van der Waals surface area contributed by atoms with Crippen LogP contribution in [0.5, 0.6) is 0 Å². The summed E-state index contributed by atoms with van der Waals surface area (Å²) in [5, 5.41) is 3.39. The lowest BCUT2D eigenvalue weighted by Gasteiger charge is -2.22. The van der Waals surface area contributed by atoms with Gasteiger partial charge in [-0.15, -0.1) is 0 Å². The minimum atomic E-state index is 0.218. The smallest absolute Gasteiger partial charge is 0.253 e. The number of amides is 1. The van der Waals surface area contributed by atoms with Gasteiger partial charge in [-0.25, -0.2) is 0 Å². The quantitative estimate of drug-likeness (QED) is 0.839. The Morgan fingerprint density at radius 1 is 1.05 bits per heavy atom. The van der Waals surface area contributed by atoms with Crippen LogP contribution in [0.3, 0.4) is 0 Å². The van der Waals surface area contributed by atoms with Crippen LogP contribution >= 0.6 is 0 Å². The molecule has 0 saturated carbocycles. The van der Waals surface area contributed by atoms with Crippen LogP contribution in [-0.4, -0.2) is 30.4 Å². The standard InChI is InChI=1S/C16H22N2O/c19-16(18-10-3-1-2-4-11-18)14-7-8-15-13(12-14)6-5-9-17-15/h7-8,12,17H,1-6,9-11H2. The normalized spacial score (nSPS) is 19.3. The highest BCUT2D eigenvalue weighted by atomic mass is 16.2. The summed E-state index contributed by atoms with van der Waals surface area (Å²) in [6.45, 7) is 2.90. The molecule has 3 rings (SSSR count). The second-order valence-electron chi connectivity index (χ2n) is 5.61. The van der Waals surface area contributed by atoms with Crippen LogP contribution in [0.15, 0.2) is 18.2 Å². The maximum atomic E-state index is 12.5. The molecular formula is C16H22N2O. The molecule has 1 amide bonds. The highest BCUT2D eigenvalue weighted by Gasteiger charge is 2.19. The van der Waals surface area contributed by atoms with E-state index in [1.165, 1.54) is 24.1 Å². The van der Waals surface area contributed by atoms with Crippen LogP contribution in [0.2, 0.25) is 0 Å². The Morgan fingerprint density at radius 2 is 1.84 bits per heavy atom. The van der Waals surface area contributed by atoms with Gasteiger partial charge in [0.15, 0.2) is 0 Å². The van der Waals surface area contributed by atoms with Crippen LogP contribution in [0, 0.1) is 0 Å². The summed E-state index contributed by atoms with van der Waals surface area (Å²) in [4.78, 5) is 14.6. The second kappa shape index (κ2) is 5.64. The van der Waals surface area contributed by atoms with Crippen molar-refractivity contribution in [3.8, 4) is 0 Å². The maximum Gasteiger partial charge on any atom is 0.253 e. The number of fused-ring (bicyclic) bond motifs is 1. The van der Waals surface area contributed by atoms with Gasteiger partial charge in [-0.05, 0) is 49.4 Å². The van der Waals surface area contributed by atoms with Crippen molar-refractivity contribution in [3.05, 3.63) is 29.3 Å². The summed E-state index contributed by atoms with van der Waals surface area (Å²) in [7, 11) is 0. The SMILES string of the molecule is O=C(c1ccc2c(c1)CCCN2)N1CCCCCC1. The van der Waals surface area contributed by atoms with Crippen LogP contribution in [0.1, 0.15) is 48.0 Å². The molecule has 0 radical (unpaired) electrons. The van der Waals surface area contributed by atoms with E-state index in [2.05, 4.69) is 17.4 Å². The van der Waals surface area contributed by atoms with Crippen molar-refractivity contribution in [2.45, 2.75) is 38.5 Å². The summed E-state index contributed by atoms with van der Waals surface area (Å²) in [6.07, 6.45) is 7.07. The predicted octanol–water partition coefficient (Wildman–Crippen LogP) is 3.06. The molecule has 3 heteroatoms. The first-order valence-electron chi connectivity index (χ1n) is 7.51. The zero-order valence-corrected chi connectivity index (χ0v) is 11.5. The number of anilines is 1. The van der Waals surface area contributed by atoms with Gasteiger partial charge < -0.3 is 10.2 Å². The Labute approximate surface area is 115 Å². The first-order chi connectivity index (χ1) is 9.34. The summed E-state index contributed by atoms with van der Waals surface area (Å²) >= 11 is 0. The maximum absolute atomic E-state index is 12.5. The molecule has 2 aliphatic rings. The van der Waals surface area contributed by atoms with Gasteiger partial charge in [-0.2, -0.15) is 0 Å². The van der Waals surface area contributed by atoms with Gasteiger partial charge in [0.05, 0.1) is 0 Å². The van der Waals surface area contributed by atoms with Crippen LogP contribution in [0.4, 0.5) is 5.69 Å². The average molecular weight is 258 g/mol. The number of aryl methyl sites for hydroxylation is 1. The molecular weight excluding hydrogens is 236 g/mol. The van der Waals surface area contributed by atoms with Crippen LogP contribution in [-0.2, 0) is 6.42 Å². The number of nitrogens with zero attached hydrogens (tertiary/aromatic N) is 1. The molecule has 0 aliphatic carbocycles. The number of carbonyl (C=O) groups is 1. The van der Waals surface area contributed by atoms with Crippen molar-refractivity contribution in [2.75, 3.05) is 25.0 Å². The third kappa shape index (κ3) is 2.75. The van der Waals surface area contributed by atoms with Crippen molar-refractivity contribution in [2.24, 2.45) is 0 Å². The number of rotatable bonds is 1. The van der Waals surface area contributed by atoms with E-state index in [-0.39, 0.29) is 5.91 Å². The molecule has 0 bridgehead atoms. The lowest BCUT2D eigenvalue weighted by atomic mass is 10.0. The highest BCUT2D eigenvalue weighted by Crippen LogP contribution is 2.24. The van der Waals surface area contributed by atoms with E-state index in [9.17, 15) is 4.79 Å². The molecule has 0 unspecified atom stereocenters. The Bertz CT molecular complexity index is 462. The average Bonchev–Trinajstić information content (AvgIpc) is 2.75. The second-order valence-corrected chi connectivity index (χ2v) is 5.61. The fourth-order valence-corrected chi connectivity index (χ4v) is 3.06. The van der Waals surface area contributed by atoms with Crippen molar-refractivity contribution in [1.29, 1.82) is 0 Å². The van der Waals surface area contributed by atoms with Crippen molar-refractivity contribution < 1.29 is 4.79 Å². The Kier molecular flexibility index (Phi) is 3.72. The molecule has 2 heterocycles. The molecule has 1 aromatic rings.